The minimum Gasteiger partial charge on any atom is -0.376 e. The largest absolute Gasteiger partial charge is 0.376 e. The number of hydrogen-bond donors (Lipinski definition) is 3. The summed E-state index contributed by atoms with van der Waals surface area (Å²) in [5, 5.41) is 8.15. The Kier molecular flexibility index (Phi) is 6.02. The summed E-state index contributed by atoms with van der Waals surface area (Å²) in [4.78, 5) is 23.2. The van der Waals surface area contributed by atoms with Crippen molar-refractivity contribution in [2.75, 3.05) is 25.0 Å². The number of rotatable bonds is 6. The van der Waals surface area contributed by atoms with Crippen LogP contribution in [0.25, 0.3) is 0 Å². The molecule has 114 valence electrons. The van der Waals surface area contributed by atoms with Crippen molar-refractivity contribution in [1.29, 1.82) is 0 Å². The second kappa shape index (κ2) is 8.26. The molecule has 1 aliphatic heterocycles. The molecule has 2 rings (SSSR count). The maximum absolute atomic E-state index is 11.6. The molecule has 1 unspecified atom stereocenters. The number of nitrogens with one attached hydrogen (secondary N) is 3. The fourth-order valence-corrected chi connectivity index (χ4v) is 2.11. The monoisotopic (exact) mass is 291 g/mol. The van der Waals surface area contributed by atoms with Gasteiger partial charge < -0.3 is 20.7 Å². The molecule has 0 aliphatic carbocycles. The minimum atomic E-state index is -0.312. The van der Waals surface area contributed by atoms with Crippen LogP contribution in [-0.4, -0.2) is 37.7 Å². The Morgan fingerprint density at radius 2 is 2.00 bits per heavy atom. The molecule has 0 spiro atoms. The Bertz CT molecular complexity index is 458. The maximum Gasteiger partial charge on any atom is 0.319 e. The van der Waals surface area contributed by atoms with Crippen LogP contribution in [-0.2, 0) is 9.53 Å². The van der Waals surface area contributed by atoms with Crippen LogP contribution in [0.4, 0.5) is 10.5 Å². The number of ether oxygens (including phenoxy) is 1. The van der Waals surface area contributed by atoms with Gasteiger partial charge in [0.1, 0.15) is 0 Å². The van der Waals surface area contributed by atoms with Crippen molar-refractivity contribution < 1.29 is 14.3 Å². The van der Waals surface area contributed by atoms with E-state index >= 15 is 0 Å². The lowest BCUT2D eigenvalue weighted by Crippen LogP contribution is -2.36. The summed E-state index contributed by atoms with van der Waals surface area (Å²) in [6.07, 6.45) is 2.46. The molecule has 0 bridgehead atoms. The van der Waals surface area contributed by atoms with Crippen molar-refractivity contribution in [3.8, 4) is 0 Å². The van der Waals surface area contributed by atoms with Crippen LogP contribution in [0.2, 0.25) is 0 Å². The quantitative estimate of drug-likeness (QED) is 0.743. The molecule has 3 N–H and O–H groups in total. The van der Waals surface area contributed by atoms with Crippen molar-refractivity contribution in [3.05, 3.63) is 30.3 Å². The first-order valence-electron chi connectivity index (χ1n) is 7.22. The molecule has 3 amide bonds. The van der Waals surface area contributed by atoms with Gasteiger partial charge in [-0.05, 0) is 25.0 Å². The normalized spacial score (nSPS) is 17.2. The third-order valence-electron chi connectivity index (χ3n) is 3.22. The van der Waals surface area contributed by atoms with Crippen LogP contribution in [0.15, 0.2) is 30.3 Å². The van der Waals surface area contributed by atoms with Crippen LogP contribution >= 0.6 is 0 Å². The van der Waals surface area contributed by atoms with Crippen molar-refractivity contribution in [2.24, 2.45) is 0 Å². The molecule has 6 nitrogen and oxygen atoms in total. The van der Waals surface area contributed by atoms with Gasteiger partial charge in [-0.2, -0.15) is 0 Å². The van der Waals surface area contributed by atoms with E-state index in [0.717, 1.165) is 25.1 Å². The molecule has 1 aromatic carbocycles. The first-order chi connectivity index (χ1) is 10.2. The predicted molar refractivity (Wildman–Crippen MR) is 80.1 cm³/mol. The van der Waals surface area contributed by atoms with Gasteiger partial charge in [-0.25, -0.2) is 4.79 Å². The van der Waals surface area contributed by atoms with Gasteiger partial charge in [0.2, 0.25) is 5.91 Å². The summed E-state index contributed by atoms with van der Waals surface area (Å²) in [5.74, 6) is -0.0782. The van der Waals surface area contributed by atoms with E-state index < -0.39 is 0 Å². The van der Waals surface area contributed by atoms with Gasteiger partial charge in [0.05, 0.1) is 6.10 Å². The number of carbonyl (C=O) groups excluding carboxylic acids is 2. The highest BCUT2D eigenvalue weighted by atomic mass is 16.5. The van der Waals surface area contributed by atoms with Crippen molar-refractivity contribution >= 4 is 17.6 Å². The fraction of sp³-hybridized carbons (Fsp3) is 0.467. The van der Waals surface area contributed by atoms with E-state index in [-0.39, 0.29) is 24.5 Å². The van der Waals surface area contributed by atoms with E-state index in [1.807, 2.05) is 18.2 Å². The third kappa shape index (κ3) is 5.83. The Balaban J connectivity index is 1.55. The van der Waals surface area contributed by atoms with E-state index in [1.165, 1.54) is 0 Å². The average Bonchev–Trinajstić information content (AvgIpc) is 2.99. The molecule has 1 fully saturated rings. The molecule has 6 heteroatoms. The summed E-state index contributed by atoms with van der Waals surface area (Å²) >= 11 is 0. The minimum absolute atomic E-state index is 0.0782. The average molecular weight is 291 g/mol. The predicted octanol–water partition coefficient (Wildman–Crippen LogP) is 1.49. The van der Waals surface area contributed by atoms with Crippen molar-refractivity contribution in [3.63, 3.8) is 0 Å². The highest BCUT2D eigenvalue weighted by Crippen LogP contribution is 2.10. The summed E-state index contributed by atoms with van der Waals surface area (Å²) < 4.78 is 5.42. The summed E-state index contributed by atoms with van der Waals surface area (Å²) in [5.41, 5.74) is 0.720. The lowest BCUT2D eigenvalue weighted by atomic mass is 10.2. The van der Waals surface area contributed by atoms with Crippen molar-refractivity contribution in [2.45, 2.75) is 25.4 Å². The summed E-state index contributed by atoms with van der Waals surface area (Å²) in [7, 11) is 0. The summed E-state index contributed by atoms with van der Waals surface area (Å²) in [6.45, 7) is 1.63. The van der Waals surface area contributed by atoms with Crippen LogP contribution in [0.5, 0.6) is 0 Å². The first-order valence-corrected chi connectivity index (χ1v) is 7.22. The molecule has 0 saturated carbocycles. The van der Waals surface area contributed by atoms with E-state index in [1.54, 1.807) is 12.1 Å². The molecule has 1 aliphatic rings. The molecule has 1 atom stereocenters. The Morgan fingerprint density at radius 3 is 2.71 bits per heavy atom. The Hall–Kier alpha value is -2.08. The van der Waals surface area contributed by atoms with Gasteiger partial charge >= 0.3 is 6.03 Å². The van der Waals surface area contributed by atoms with Crippen LogP contribution < -0.4 is 16.0 Å². The number of benzene rings is 1. The lowest BCUT2D eigenvalue weighted by molar-refractivity contribution is -0.121. The number of carbonyl (C=O) groups is 2. The highest BCUT2D eigenvalue weighted by molar-refractivity contribution is 5.89. The Labute approximate surface area is 124 Å². The van der Waals surface area contributed by atoms with Gasteiger partial charge in [0.15, 0.2) is 0 Å². The third-order valence-corrected chi connectivity index (χ3v) is 3.22. The molecule has 0 aromatic heterocycles. The number of anilines is 1. The topological polar surface area (TPSA) is 79.5 Å². The molecule has 1 heterocycles. The molecular weight excluding hydrogens is 270 g/mol. The molecule has 1 aromatic rings. The molecule has 0 radical (unpaired) electrons. The Morgan fingerprint density at radius 1 is 1.19 bits per heavy atom. The molecular formula is C15H21N3O3. The first kappa shape index (κ1) is 15.3. The van der Waals surface area contributed by atoms with Gasteiger partial charge in [-0.3, -0.25) is 4.79 Å². The maximum atomic E-state index is 11.6. The van der Waals surface area contributed by atoms with E-state index in [9.17, 15) is 9.59 Å². The lowest BCUT2D eigenvalue weighted by Gasteiger charge is -2.11. The number of hydrogen-bond acceptors (Lipinski definition) is 3. The second-order valence-electron chi connectivity index (χ2n) is 4.94. The zero-order chi connectivity index (χ0) is 14.9. The number of amides is 3. The van der Waals surface area contributed by atoms with Gasteiger partial charge in [0, 0.05) is 31.8 Å². The summed E-state index contributed by atoms with van der Waals surface area (Å²) in [6, 6.07) is 8.85. The smallest absolute Gasteiger partial charge is 0.319 e. The molecule has 21 heavy (non-hydrogen) atoms. The van der Waals surface area contributed by atoms with E-state index in [2.05, 4.69) is 16.0 Å². The number of para-hydroxylation sites is 1. The van der Waals surface area contributed by atoms with Crippen LogP contribution in [0.3, 0.4) is 0 Å². The van der Waals surface area contributed by atoms with E-state index in [4.69, 9.17) is 4.74 Å². The SMILES string of the molecule is O=C(CCNC(=O)Nc1ccccc1)NCC1CCCO1. The van der Waals surface area contributed by atoms with E-state index in [0.29, 0.717) is 13.1 Å². The van der Waals surface area contributed by atoms with Gasteiger partial charge in [0.25, 0.3) is 0 Å². The zero-order valence-corrected chi connectivity index (χ0v) is 11.9. The molecule has 1 saturated heterocycles. The second-order valence-corrected chi connectivity index (χ2v) is 4.94. The van der Waals surface area contributed by atoms with Crippen LogP contribution in [0.1, 0.15) is 19.3 Å². The van der Waals surface area contributed by atoms with Gasteiger partial charge in [-0.15, -0.1) is 0 Å². The standard InChI is InChI=1S/C15H21N3O3/c19-14(17-11-13-7-4-10-21-13)8-9-16-15(20)18-12-5-2-1-3-6-12/h1-3,5-6,13H,4,7-11H2,(H,17,19)(H2,16,18,20). The van der Waals surface area contributed by atoms with Gasteiger partial charge in [-0.1, -0.05) is 18.2 Å². The van der Waals surface area contributed by atoms with Crippen LogP contribution in [0, 0.1) is 0 Å². The fourth-order valence-electron chi connectivity index (χ4n) is 2.11. The number of urea groups is 1. The van der Waals surface area contributed by atoms with Crippen molar-refractivity contribution in [1.82, 2.24) is 10.6 Å². The zero-order valence-electron chi connectivity index (χ0n) is 11.9. The highest BCUT2D eigenvalue weighted by Gasteiger charge is 2.15.